The van der Waals surface area contributed by atoms with Gasteiger partial charge in [-0.05, 0) is 49.8 Å². The van der Waals surface area contributed by atoms with Crippen molar-refractivity contribution < 1.29 is 13.2 Å². The number of para-hydroxylation sites is 1. The van der Waals surface area contributed by atoms with Crippen molar-refractivity contribution in [2.75, 3.05) is 18.4 Å². The molecule has 0 aromatic heterocycles. The number of piperidine rings is 1. The minimum Gasteiger partial charge on any atom is -0.325 e. The van der Waals surface area contributed by atoms with E-state index in [2.05, 4.69) is 12.2 Å². The second-order valence-electron chi connectivity index (χ2n) is 7.87. The average molecular weight is 415 g/mol. The highest BCUT2D eigenvalue weighted by atomic mass is 32.2. The van der Waals surface area contributed by atoms with Crippen LogP contribution in [0.2, 0.25) is 0 Å². The van der Waals surface area contributed by atoms with Crippen molar-refractivity contribution in [1.29, 1.82) is 0 Å². The van der Waals surface area contributed by atoms with Crippen LogP contribution in [0.5, 0.6) is 0 Å². The van der Waals surface area contributed by atoms with Gasteiger partial charge in [-0.1, -0.05) is 55.0 Å². The zero-order chi connectivity index (χ0) is 21.0. The summed E-state index contributed by atoms with van der Waals surface area (Å²) in [6, 6.07) is 13.6. The number of anilines is 1. The lowest BCUT2D eigenvalue weighted by Gasteiger charge is -2.31. The van der Waals surface area contributed by atoms with Gasteiger partial charge in [-0.3, -0.25) is 4.79 Å². The molecule has 1 fully saturated rings. The molecule has 0 spiro atoms. The van der Waals surface area contributed by atoms with E-state index in [1.807, 2.05) is 56.3 Å². The van der Waals surface area contributed by atoms with Crippen LogP contribution in [0, 0.1) is 19.8 Å². The van der Waals surface area contributed by atoms with Gasteiger partial charge < -0.3 is 5.32 Å². The maximum absolute atomic E-state index is 12.8. The summed E-state index contributed by atoms with van der Waals surface area (Å²) in [5, 5.41) is 3.09. The molecule has 5 nitrogen and oxygen atoms in total. The first kappa shape index (κ1) is 21.5. The Labute approximate surface area is 174 Å². The third-order valence-corrected chi connectivity index (χ3v) is 7.53. The molecule has 0 unspecified atom stereocenters. The number of benzene rings is 2. The molecule has 0 saturated carbocycles. The highest BCUT2D eigenvalue weighted by Gasteiger charge is 2.31. The van der Waals surface area contributed by atoms with Crippen LogP contribution >= 0.6 is 0 Å². The molecule has 1 amide bonds. The molecule has 156 valence electrons. The van der Waals surface area contributed by atoms with E-state index in [0.717, 1.165) is 34.4 Å². The molecule has 0 bridgehead atoms. The highest BCUT2D eigenvalue weighted by molar-refractivity contribution is 7.88. The molecule has 2 aromatic carbocycles. The molecule has 1 aliphatic rings. The Morgan fingerprint density at radius 2 is 1.72 bits per heavy atom. The zero-order valence-electron chi connectivity index (χ0n) is 17.4. The Morgan fingerprint density at radius 3 is 2.34 bits per heavy atom. The van der Waals surface area contributed by atoms with Crippen LogP contribution in [-0.2, 0) is 27.0 Å². The summed E-state index contributed by atoms with van der Waals surface area (Å²) in [6.45, 7) is 6.83. The molecule has 0 radical (unpaired) electrons. The van der Waals surface area contributed by atoms with E-state index in [-0.39, 0.29) is 17.6 Å². The SMILES string of the molecule is CCc1cccc(C)c1NC(=O)C1CCN(S(=O)(=O)Cc2ccc(C)cc2)CC1. The van der Waals surface area contributed by atoms with Gasteiger partial charge in [-0.25, -0.2) is 12.7 Å². The zero-order valence-corrected chi connectivity index (χ0v) is 18.3. The summed E-state index contributed by atoms with van der Waals surface area (Å²) in [5.41, 5.74) is 4.97. The maximum Gasteiger partial charge on any atom is 0.227 e. The van der Waals surface area contributed by atoms with Crippen molar-refractivity contribution in [1.82, 2.24) is 4.31 Å². The molecule has 29 heavy (non-hydrogen) atoms. The van der Waals surface area contributed by atoms with E-state index in [0.29, 0.717) is 25.9 Å². The predicted octanol–water partition coefficient (Wildman–Crippen LogP) is 4.05. The summed E-state index contributed by atoms with van der Waals surface area (Å²) >= 11 is 0. The Hall–Kier alpha value is -2.18. The van der Waals surface area contributed by atoms with Gasteiger partial charge in [-0.15, -0.1) is 0 Å². The molecule has 1 N–H and O–H groups in total. The Kier molecular flexibility index (Phi) is 6.75. The fourth-order valence-electron chi connectivity index (χ4n) is 3.81. The van der Waals surface area contributed by atoms with Crippen molar-refractivity contribution in [3.05, 3.63) is 64.7 Å². The molecular formula is C23H30N2O3S. The van der Waals surface area contributed by atoms with Gasteiger partial charge in [0.2, 0.25) is 15.9 Å². The lowest BCUT2D eigenvalue weighted by atomic mass is 9.96. The van der Waals surface area contributed by atoms with Crippen molar-refractivity contribution in [2.24, 2.45) is 5.92 Å². The van der Waals surface area contributed by atoms with Crippen LogP contribution in [0.3, 0.4) is 0 Å². The minimum atomic E-state index is -3.37. The fraction of sp³-hybridized carbons (Fsp3) is 0.435. The molecule has 3 rings (SSSR count). The first-order chi connectivity index (χ1) is 13.8. The second kappa shape index (κ2) is 9.09. The van der Waals surface area contributed by atoms with Gasteiger partial charge in [0.25, 0.3) is 0 Å². The normalized spacial score (nSPS) is 16.0. The summed E-state index contributed by atoms with van der Waals surface area (Å²) in [4.78, 5) is 12.8. The number of nitrogens with one attached hydrogen (secondary N) is 1. The number of aryl methyl sites for hydroxylation is 3. The molecule has 0 aliphatic carbocycles. The Morgan fingerprint density at radius 1 is 1.07 bits per heavy atom. The van der Waals surface area contributed by atoms with Crippen molar-refractivity contribution in [2.45, 2.75) is 45.8 Å². The maximum atomic E-state index is 12.8. The van der Waals surface area contributed by atoms with E-state index in [9.17, 15) is 13.2 Å². The summed E-state index contributed by atoms with van der Waals surface area (Å²) in [6.07, 6.45) is 1.95. The molecule has 1 heterocycles. The fourth-order valence-corrected chi connectivity index (χ4v) is 5.37. The number of nitrogens with zero attached hydrogens (tertiary/aromatic N) is 1. The van der Waals surface area contributed by atoms with Gasteiger partial charge in [0, 0.05) is 24.7 Å². The first-order valence-corrected chi connectivity index (χ1v) is 11.8. The molecule has 2 aromatic rings. The van der Waals surface area contributed by atoms with Crippen LogP contribution in [-0.4, -0.2) is 31.7 Å². The van der Waals surface area contributed by atoms with Gasteiger partial charge in [0.15, 0.2) is 0 Å². The van der Waals surface area contributed by atoms with E-state index in [4.69, 9.17) is 0 Å². The standard InChI is InChI=1S/C23H30N2O3S/c1-4-20-7-5-6-18(3)22(20)24-23(26)21-12-14-25(15-13-21)29(27,28)16-19-10-8-17(2)9-11-19/h5-11,21H,4,12-16H2,1-3H3,(H,24,26). The van der Waals surface area contributed by atoms with Crippen LogP contribution in [0.1, 0.15) is 42.0 Å². The molecule has 0 atom stereocenters. The number of sulfonamides is 1. The summed E-state index contributed by atoms with van der Waals surface area (Å²) < 4.78 is 27.1. The van der Waals surface area contributed by atoms with Gasteiger partial charge >= 0.3 is 0 Å². The smallest absolute Gasteiger partial charge is 0.227 e. The van der Waals surface area contributed by atoms with Gasteiger partial charge in [0.05, 0.1) is 5.75 Å². The highest BCUT2D eigenvalue weighted by Crippen LogP contribution is 2.26. The Balaban J connectivity index is 1.60. The molecule has 6 heteroatoms. The largest absolute Gasteiger partial charge is 0.325 e. The topological polar surface area (TPSA) is 66.5 Å². The van der Waals surface area contributed by atoms with Crippen molar-refractivity contribution >= 4 is 21.6 Å². The molecular weight excluding hydrogens is 384 g/mol. The number of amides is 1. The average Bonchev–Trinajstić information content (AvgIpc) is 2.71. The van der Waals surface area contributed by atoms with E-state index in [1.165, 1.54) is 4.31 Å². The minimum absolute atomic E-state index is 0.00716. The summed E-state index contributed by atoms with van der Waals surface area (Å²) in [5.74, 6) is -0.164. The number of carbonyl (C=O) groups excluding carboxylic acids is 1. The van der Waals surface area contributed by atoms with E-state index in [1.54, 1.807) is 0 Å². The monoisotopic (exact) mass is 414 g/mol. The second-order valence-corrected chi connectivity index (χ2v) is 9.84. The van der Waals surface area contributed by atoms with Crippen LogP contribution in [0.25, 0.3) is 0 Å². The van der Waals surface area contributed by atoms with Crippen LogP contribution in [0.4, 0.5) is 5.69 Å². The van der Waals surface area contributed by atoms with Crippen LogP contribution < -0.4 is 5.32 Å². The number of carbonyl (C=O) groups is 1. The number of hydrogen-bond donors (Lipinski definition) is 1. The van der Waals surface area contributed by atoms with Gasteiger partial charge in [-0.2, -0.15) is 0 Å². The molecule has 1 saturated heterocycles. The first-order valence-electron chi connectivity index (χ1n) is 10.2. The van der Waals surface area contributed by atoms with E-state index >= 15 is 0 Å². The van der Waals surface area contributed by atoms with Crippen LogP contribution in [0.15, 0.2) is 42.5 Å². The van der Waals surface area contributed by atoms with E-state index < -0.39 is 10.0 Å². The Bertz CT molecular complexity index is 960. The lowest BCUT2D eigenvalue weighted by molar-refractivity contribution is -0.120. The van der Waals surface area contributed by atoms with Gasteiger partial charge in [0.1, 0.15) is 0 Å². The third kappa shape index (κ3) is 5.25. The number of rotatable bonds is 6. The third-order valence-electron chi connectivity index (χ3n) is 5.68. The predicted molar refractivity (Wildman–Crippen MR) is 117 cm³/mol. The summed E-state index contributed by atoms with van der Waals surface area (Å²) in [7, 11) is -3.37. The van der Waals surface area contributed by atoms with Crippen molar-refractivity contribution in [3.63, 3.8) is 0 Å². The quantitative estimate of drug-likeness (QED) is 0.776. The number of hydrogen-bond acceptors (Lipinski definition) is 3. The molecule has 1 aliphatic heterocycles. The lowest BCUT2D eigenvalue weighted by Crippen LogP contribution is -2.42. The van der Waals surface area contributed by atoms with Crippen molar-refractivity contribution in [3.8, 4) is 0 Å².